The molecule has 1 aliphatic heterocycles. The van der Waals surface area contributed by atoms with Gasteiger partial charge in [0.1, 0.15) is 5.75 Å². The van der Waals surface area contributed by atoms with Gasteiger partial charge in [0.2, 0.25) is 11.8 Å². The van der Waals surface area contributed by atoms with E-state index in [4.69, 9.17) is 4.74 Å². The van der Waals surface area contributed by atoms with Gasteiger partial charge in [0.25, 0.3) is 0 Å². The zero-order chi connectivity index (χ0) is 22.1. The molecule has 2 heterocycles. The van der Waals surface area contributed by atoms with Gasteiger partial charge < -0.3 is 15.0 Å². The molecule has 1 saturated heterocycles. The molecular formula is C23H27FN4O3. The smallest absolute Gasteiger partial charge is 0.246 e. The minimum absolute atomic E-state index is 0.000141. The maximum absolute atomic E-state index is 14.4. The van der Waals surface area contributed by atoms with Gasteiger partial charge in [0.05, 0.1) is 12.7 Å². The van der Waals surface area contributed by atoms with E-state index < -0.39 is 5.82 Å². The number of carbonyl (C=O) groups excluding carboxylic acids is 2. The first-order valence-corrected chi connectivity index (χ1v) is 10.4. The van der Waals surface area contributed by atoms with Gasteiger partial charge in [-0.3, -0.25) is 19.5 Å². The van der Waals surface area contributed by atoms with Crippen molar-refractivity contribution in [1.29, 1.82) is 0 Å². The summed E-state index contributed by atoms with van der Waals surface area (Å²) in [5.74, 6) is -0.108. The fourth-order valence-electron chi connectivity index (χ4n) is 3.32. The van der Waals surface area contributed by atoms with E-state index in [0.717, 1.165) is 13.0 Å². The van der Waals surface area contributed by atoms with Crippen LogP contribution < -0.4 is 10.1 Å². The molecule has 1 aromatic carbocycles. The van der Waals surface area contributed by atoms with Crippen LogP contribution in [-0.2, 0) is 9.59 Å². The standard InChI is InChI=1S/C23H27FN4O3/c1-2-26-22(29)17-27-11-4-12-28(14-13-27)23(30)9-7-18-6-8-21(20(24)15-18)31-19-5-3-10-25-16-19/h3,5-10,15-16H,2,4,11-14,17H2,1H3,(H,26,29)/b9-7+. The number of halogens is 1. The highest BCUT2D eigenvalue weighted by Gasteiger charge is 2.19. The largest absolute Gasteiger partial charge is 0.453 e. The van der Waals surface area contributed by atoms with Crippen molar-refractivity contribution in [2.45, 2.75) is 13.3 Å². The molecule has 0 aliphatic carbocycles. The fourth-order valence-corrected chi connectivity index (χ4v) is 3.32. The Labute approximate surface area is 181 Å². The highest BCUT2D eigenvalue weighted by molar-refractivity contribution is 5.91. The average Bonchev–Trinajstić information content (AvgIpc) is 3.00. The summed E-state index contributed by atoms with van der Waals surface area (Å²) >= 11 is 0. The molecule has 1 aliphatic rings. The van der Waals surface area contributed by atoms with Crippen molar-refractivity contribution in [3.8, 4) is 11.5 Å². The van der Waals surface area contributed by atoms with Crippen LogP contribution in [0.1, 0.15) is 18.9 Å². The third kappa shape index (κ3) is 6.89. The molecule has 31 heavy (non-hydrogen) atoms. The molecule has 3 rings (SSSR count). The predicted octanol–water partition coefficient (Wildman–Crippen LogP) is 2.70. The van der Waals surface area contributed by atoms with Crippen LogP contribution in [0, 0.1) is 5.82 Å². The van der Waals surface area contributed by atoms with E-state index in [0.29, 0.717) is 44.0 Å². The Hall–Kier alpha value is -3.26. The SMILES string of the molecule is CCNC(=O)CN1CCCN(C(=O)/C=C/c2ccc(Oc3cccnc3)c(F)c2)CC1. The number of nitrogens with one attached hydrogen (secondary N) is 1. The highest BCUT2D eigenvalue weighted by atomic mass is 19.1. The van der Waals surface area contributed by atoms with Crippen LogP contribution in [0.5, 0.6) is 11.5 Å². The number of carbonyl (C=O) groups is 2. The third-order valence-corrected chi connectivity index (χ3v) is 4.88. The van der Waals surface area contributed by atoms with E-state index in [1.807, 2.05) is 6.92 Å². The number of rotatable bonds is 7. The van der Waals surface area contributed by atoms with Gasteiger partial charge in [-0.1, -0.05) is 6.07 Å². The van der Waals surface area contributed by atoms with Crippen LogP contribution in [0.25, 0.3) is 6.08 Å². The Morgan fingerprint density at radius 2 is 2.10 bits per heavy atom. The summed E-state index contributed by atoms with van der Waals surface area (Å²) in [4.78, 5) is 32.1. The Kier molecular flexibility index (Phi) is 8.12. The van der Waals surface area contributed by atoms with Gasteiger partial charge >= 0.3 is 0 Å². The first-order valence-electron chi connectivity index (χ1n) is 10.4. The fraction of sp³-hybridized carbons (Fsp3) is 0.348. The van der Waals surface area contributed by atoms with Crippen molar-refractivity contribution < 1.29 is 18.7 Å². The number of pyridine rings is 1. The number of benzene rings is 1. The molecular weight excluding hydrogens is 399 g/mol. The average molecular weight is 426 g/mol. The first-order chi connectivity index (χ1) is 15.0. The Bertz CT molecular complexity index is 920. The van der Waals surface area contributed by atoms with Crippen molar-refractivity contribution >= 4 is 17.9 Å². The molecule has 0 spiro atoms. The van der Waals surface area contributed by atoms with Crippen molar-refractivity contribution in [3.63, 3.8) is 0 Å². The maximum atomic E-state index is 14.4. The molecule has 0 bridgehead atoms. The van der Waals surface area contributed by atoms with Gasteiger partial charge in [-0.05, 0) is 49.2 Å². The summed E-state index contributed by atoms with van der Waals surface area (Å²) in [7, 11) is 0. The Balaban J connectivity index is 1.54. The maximum Gasteiger partial charge on any atom is 0.246 e. The molecule has 164 valence electrons. The van der Waals surface area contributed by atoms with Crippen LogP contribution in [-0.4, -0.2) is 65.9 Å². The quantitative estimate of drug-likeness (QED) is 0.689. The topological polar surface area (TPSA) is 74.8 Å². The zero-order valence-corrected chi connectivity index (χ0v) is 17.6. The van der Waals surface area contributed by atoms with Gasteiger partial charge in [-0.15, -0.1) is 0 Å². The summed E-state index contributed by atoms with van der Waals surface area (Å²) < 4.78 is 19.8. The number of likely N-dealkylation sites (N-methyl/N-ethyl adjacent to an activating group) is 1. The van der Waals surface area contributed by atoms with Crippen LogP contribution in [0.3, 0.4) is 0 Å². The van der Waals surface area contributed by atoms with Crippen molar-refractivity contribution in [2.75, 3.05) is 39.3 Å². The van der Waals surface area contributed by atoms with Crippen LogP contribution in [0.4, 0.5) is 4.39 Å². The van der Waals surface area contributed by atoms with Crippen molar-refractivity contribution in [2.24, 2.45) is 0 Å². The number of nitrogens with zero attached hydrogens (tertiary/aromatic N) is 3. The van der Waals surface area contributed by atoms with Gasteiger partial charge in [0.15, 0.2) is 11.6 Å². The van der Waals surface area contributed by atoms with E-state index in [9.17, 15) is 14.0 Å². The number of hydrogen-bond acceptors (Lipinski definition) is 5. The minimum Gasteiger partial charge on any atom is -0.453 e. The van der Waals surface area contributed by atoms with Gasteiger partial charge in [-0.2, -0.15) is 0 Å². The summed E-state index contributed by atoms with van der Waals surface area (Å²) in [5, 5.41) is 2.79. The van der Waals surface area contributed by atoms with Gasteiger partial charge in [0, 0.05) is 45.0 Å². The van der Waals surface area contributed by atoms with Crippen molar-refractivity contribution in [1.82, 2.24) is 20.1 Å². The molecule has 7 nitrogen and oxygen atoms in total. The zero-order valence-electron chi connectivity index (χ0n) is 17.6. The molecule has 0 atom stereocenters. The number of aromatic nitrogens is 1. The molecule has 1 fully saturated rings. The summed E-state index contributed by atoms with van der Waals surface area (Å²) in [5.41, 5.74) is 0.567. The van der Waals surface area contributed by atoms with Crippen LogP contribution in [0.2, 0.25) is 0 Å². The monoisotopic (exact) mass is 426 g/mol. The molecule has 0 radical (unpaired) electrons. The second kappa shape index (κ2) is 11.2. The van der Waals surface area contributed by atoms with Gasteiger partial charge in [-0.25, -0.2) is 4.39 Å². The lowest BCUT2D eigenvalue weighted by Crippen LogP contribution is -2.39. The minimum atomic E-state index is -0.519. The molecule has 1 aromatic heterocycles. The first kappa shape index (κ1) is 22.4. The van der Waals surface area contributed by atoms with E-state index in [2.05, 4.69) is 15.2 Å². The second-order valence-electron chi connectivity index (χ2n) is 7.22. The Morgan fingerprint density at radius 1 is 1.23 bits per heavy atom. The Morgan fingerprint density at radius 3 is 2.84 bits per heavy atom. The molecule has 2 amide bonds. The van der Waals surface area contributed by atoms with E-state index >= 15 is 0 Å². The highest BCUT2D eigenvalue weighted by Crippen LogP contribution is 2.24. The lowest BCUT2D eigenvalue weighted by atomic mass is 10.2. The van der Waals surface area contributed by atoms with Crippen LogP contribution in [0.15, 0.2) is 48.8 Å². The lowest BCUT2D eigenvalue weighted by Gasteiger charge is -2.20. The molecule has 0 unspecified atom stereocenters. The third-order valence-electron chi connectivity index (χ3n) is 4.88. The summed E-state index contributed by atoms with van der Waals surface area (Å²) in [6.07, 6.45) is 6.96. The summed E-state index contributed by atoms with van der Waals surface area (Å²) in [6, 6.07) is 7.94. The van der Waals surface area contributed by atoms with E-state index in [-0.39, 0.29) is 17.6 Å². The molecule has 8 heteroatoms. The normalized spacial score (nSPS) is 15.0. The van der Waals surface area contributed by atoms with E-state index in [1.54, 1.807) is 35.4 Å². The predicted molar refractivity (Wildman–Crippen MR) is 116 cm³/mol. The number of ether oxygens (including phenoxy) is 1. The lowest BCUT2D eigenvalue weighted by molar-refractivity contribution is -0.125. The van der Waals surface area contributed by atoms with Crippen LogP contribution >= 0.6 is 0 Å². The van der Waals surface area contributed by atoms with Crippen molar-refractivity contribution in [3.05, 3.63) is 60.2 Å². The number of hydrogen-bond donors (Lipinski definition) is 1. The molecule has 1 N–H and O–H groups in total. The second-order valence-corrected chi connectivity index (χ2v) is 7.22. The number of amides is 2. The van der Waals surface area contributed by atoms with E-state index in [1.165, 1.54) is 24.4 Å². The molecule has 2 aromatic rings. The summed E-state index contributed by atoms with van der Waals surface area (Å²) in [6.45, 7) is 5.44. The molecule has 0 saturated carbocycles.